The lowest BCUT2D eigenvalue weighted by molar-refractivity contribution is -0.276. The molecule has 0 spiro atoms. The quantitative estimate of drug-likeness (QED) is 0.116. The smallest absolute Gasteiger partial charge is 0.429 e. The van der Waals surface area contributed by atoms with Crippen LogP contribution in [0, 0.1) is 29.2 Å². The van der Waals surface area contributed by atoms with Crippen LogP contribution in [-0.2, 0) is 15.6 Å². The maximum absolute atomic E-state index is 15.0. The fourth-order valence-electron chi connectivity index (χ4n) is 5.28. The number of alkyl halides is 5. The van der Waals surface area contributed by atoms with Gasteiger partial charge in [-0.25, -0.2) is 17.6 Å². The Hall–Kier alpha value is -4.23. The Bertz CT molecular complexity index is 1690. The van der Waals surface area contributed by atoms with Crippen molar-refractivity contribution in [2.45, 2.75) is 51.4 Å². The highest BCUT2D eigenvalue weighted by atomic mass is 19.4. The highest BCUT2D eigenvalue weighted by Crippen LogP contribution is 2.38. The molecule has 1 aliphatic rings. The molecule has 0 radical (unpaired) electrons. The molecule has 1 saturated heterocycles. The largest absolute Gasteiger partial charge is 0.573 e. The molecule has 0 aliphatic carbocycles. The van der Waals surface area contributed by atoms with Gasteiger partial charge in [0.1, 0.15) is 17.4 Å². The Balaban J connectivity index is 1.24. The van der Waals surface area contributed by atoms with Gasteiger partial charge in [0.05, 0.1) is 18.8 Å². The second-order valence-electron chi connectivity index (χ2n) is 11.3. The van der Waals surface area contributed by atoms with E-state index in [4.69, 9.17) is 14.2 Å². The van der Waals surface area contributed by atoms with E-state index < -0.39 is 53.3 Å². The minimum atomic E-state index is -5.34. The zero-order valence-corrected chi connectivity index (χ0v) is 25.4. The molecule has 4 aromatic rings. The van der Waals surface area contributed by atoms with Crippen LogP contribution in [0.25, 0.3) is 22.3 Å². The molecule has 1 aliphatic heterocycles. The minimum Gasteiger partial charge on any atom is -0.429 e. The first-order valence-electron chi connectivity index (χ1n) is 15.0. The van der Waals surface area contributed by atoms with Crippen LogP contribution >= 0.6 is 0 Å². The van der Waals surface area contributed by atoms with Gasteiger partial charge in [-0.3, -0.25) is 0 Å². The van der Waals surface area contributed by atoms with Crippen molar-refractivity contribution in [1.82, 2.24) is 0 Å². The molecule has 13 heteroatoms. The SMILES string of the molecule is CCCCCC1COC(c2ccc(C(F)(F)Oc3ccc(-c4ccc(-c5cc(F)c(OC(F)(F)F)c(F)c5)c(F)c4)cc3)c(F)c2)OC1. The van der Waals surface area contributed by atoms with Gasteiger partial charge in [-0.05, 0) is 65.6 Å². The summed E-state index contributed by atoms with van der Waals surface area (Å²) >= 11 is 0. The maximum Gasteiger partial charge on any atom is 0.573 e. The van der Waals surface area contributed by atoms with Crippen LogP contribution < -0.4 is 9.47 Å². The van der Waals surface area contributed by atoms with Crippen LogP contribution in [0.5, 0.6) is 11.5 Å². The number of unbranched alkanes of at least 4 members (excludes halogenated alkanes) is 2. The van der Waals surface area contributed by atoms with Crippen molar-refractivity contribution >= 4 is 0 Å². The summed E-state index contributed by atoms with van der Waals surface area (Å²) < 4.78 is 145. The van der Waals surface area contributed by atoms with E-state index >= 15 is 8.78 Å². The standard InChI is InChI=1S/C35H29F9O4/c1-2-3-4-5-20-18-45-33(46-19-20)23-9-13-27(29(37)15-23)34(40,41)47-25-10-6-21(7-11-25)22-8-12-26(28(36)14-22)24-16-30(38)32(31(39)17-24)48-35(42,43)44/h6-17,20,33H,2-5,18-19H2,1H3. The first-order valence-corrected chi connectivity index (χ1v) is 15.0. The van der Waals surface area contributed by atoms with Crippen molar-refractivity contribution in [1.29, 1.82) is 0 Å². The number of benzene rings is 4. The molecule has 48 heavy (non-hydrogen) atoms. The van der Waals surface area contributed by atoms with Crippen LogP contribution in [0.3, 0.4) is 0 Å². The average molecular weight is 685 g/mol. The number of halogens is 9. The lowest BCUT2D eigenvalue weighted by atomic mass is 9.99. The van der Waals surface area contributed by atoms with Crippen LogP contribution in [0.1, 0.15) is 50.0 Å². The van der Waals surface area contributed by atoms with Crippen molar-refractivity contribution < 1.29 is 58.5 Å². The van der Waals surface area contributed by atoms with Gasteiger partial charge in [0.15, 0.2) is 17.9 Å². The molecule has 0 atom stereocenters. The first-order chi connectivity index (χ1) is 22.7. The van der Waals surface area contributed by atoms with E-state index in [1.54, 1.807) is 0 Å². The molecule has 0 saturated carbocycles. The molecule has 0 N–H and O–H groups in total. The second-order valence-corrected chi connectivity index (χ2v) is 11.3. The van der Waals surface area contributed by atoms with Crippen molar-refractivity contribution in [3.63, 3.8) is 0 Å². The molecular formula is C35H29F9O4. The molecule has 5 rings (SSSR count). The van der Waals surface area contributed by atoms with Gasteiger partial charge in [-0.1, -0.05) is 56.5 Å². The third kappa shape index (κ3) is 8.43. The minimum absolute atomic E-state index is 0.215. The van der Waals surface area contributed by atoms with Crippen LogP contribution in [0.2, 0.25) is 0 Å². The highest BCUT2D eigenvalue weighted by Gasteiger charge is 2.38. The maximum atomic E-state index is 15.0. The molecule has 4 aromatic carbocycles. The molecule has 0 aromatic heterocycles. The topological polar surface area (TPSA) is 36.9 Å². The Kier molecular flexibility index (Phi) is 10.6. The van der Waals surface area contributed by atoms with Crippen molar-refractivity contribution in [2.75, 3.05) is 13.2 Å². The fourth-order valence-corrected chi connectivity index (χ4v) is 5.28. The zero-order chi connectivity index (χ0) is 34.6. The Morgan fingerprint density at radius 1 is 0.667 bits per heavy atom. The lowest BCUT2D eigenvalue weighted by Gasteiger charge is -2.30. The summed E-state index contributed by atoms with van der Waals surface area (Å²) in [6, 6.07) is 12.5. The van der Waals surface area contributed by atoms with Gasteiger partial charge in [-0.15, -0.1) is 13.2 Å². The summed E-state index contributed by atoms with van der Waals surface area (Å²) in [4.78, 5) is 0. The molecule has 0 amide bonds. The molecule has 1 heterocycles. The highest BCUT2D eigenvalue weighted by molar-refractivity contribution is 5.72. The predicted molar refractivity (Wildman–Crippen MR) is 157 cm³/mol. The molecule has 1 fully saturated rings. The van der Waals surface area contributed by atoms with Gasteiger partial charge in [0.25, 0.3) is 0 Å². The molecule has 0 unspecified atom stereocenters. The predicted octanol–water partition coefficient (Wildman–Crippen LogP) is 10.8. The van der Waals surface area contributed by atoms with Gasteiger partial charge in [-0.2, -0.15) is 8.78 Å². The monoisotopic (exact) mass is 684 g/mol. The Morgan fingerprint density at radius 2 is 1.29 bits per heavy atom. The van der Waals surface area contributed by atoms with Gasteiger partial charge < -0.3 is 18.9 Å². The number of rotatable bonds is 11. The summed E-state index contributed by atoms with van der Waals surface area (Å²) in [5.41, 5.74) is -0.904. The zero-order valence-electron chi connectivity index (χ0n) is 25.4. The molecule has 0 bridgehead atoms. The number of hydrogen-bond acceptors (Lipinski definition) is 4. The van der Waals surface area contributed by atoms with Gasteiger partial charge >= 0.3 is 12.5 Å². The Morgan fingerprint density at radius 3 is 1.88 bits per heavy atom. The van der Waals surface area contributed by atoms with Gasteiger partial charge in [0.2, 0.25) is 5.75 Å². The van der Waals surface area contributed by atoms with E-state index in [-0.39, 0.29) is 33.9 Å². The van der Waals surface area contributed by atoms with Crippen molar-refractivity contribution in [3.8, 4) is 33.8 Å². The molecular weight excluding hydrogens is 655 g/mol. The van der Waals surface area contributed by atoms with E-state index in [1.807, 2.05) is 0 Å². The summed E-state index contributed by atoms with van der Waals surface area (Å²) in [7, 11) is 0. The fraction of sp³-hybridized carbons (Fsp3) is 0.314. The summed E-state index contributed by atoms with van der Waals surface area (Å²) in [6.45, 7) is 2.94. The van der Waals surface area contributed by atoms with Crippen LogP contribution in [0.15, 0.2) is 72.8 Å². The number of ether oxygens (including phenoxy) is 4. The van der Waals surface area contributed by atoms with Gasteiger partial charge in [0, 0.05) is 17.0 Å². The van der Waals surface area contributed by atoms with Crippen molar-refractivity contribution in [3.05, 3.63) is 107 Å². The van der Waals surface area contributed by atoms with Crippen molar-refractivity contribution in [2.24, 2.45) is 5.92 Å². The third-order valence-corrected chi connectivity index (χ3v) is 7.69. The van der Waals surface area contributed by atoms with E-state index in [1.165, 1.54) is 24.3 Å². The summed E-state index contributed by atoms with van der Waals surface area (Å²) in [5, 5.41) is 0. The molecule has 256 valence electrons. The summed E-state index contributed by atoms with van der Waals surface area (Å²) in [6.07, 6.45) is -6.11. The second kappa shape index (κ2) is 14.5. The average Bonchev–Trinajstić information content (AvgIpc) is 3.03. The van der Waals surface area contributed by atoms with E-state index in [2.05, 4.69) is 11.7 Å². The third-order valence-electron chi connectivity index (χ3n) is 7.69. The summed E-state index contributed by atoms with van der Waals surface area (Å²) in [5.74, 6) is -7.36. The van der Waals surface area contributed by atoms with E-state index in [0.29, 0.717) is 30.9 Å². The van der Waals surface area contributed by atoms with E-state index in [0.717, 1.165) is 62.1 Å². The normalized spacial score (nSPS) is 17.0. The lowest BCUT2D eigenvalue weighted by Crippen LogP contribution is -2.27. The number of hydrogen-bond donors (Lipinski definition) is 0. The van der Waals surface area contributed by atoms with E-state index in [9.17, 15) is 30.7 Å². The first kappa shape index (κ1) is 35.1. The Labute approximate surface area is 270 Å². The van der Waals surface area contributed by atoms with Crippen LogP contribution in [-0.4, -0.2) is 19.6 Å². The molecule has 4 nitrogen and oxygen atoms in total. The van der Waals surface area contributed by atoms with Crippen LogP contribution in [0.4, 0.5) is 39.5 Å².